The average molecular weight is 602 g/mol. The summed E-state index contributed by atoms with van der Waals surface area (Å²) in [5.41, 5.74) is 0.310. The molecule has 1 aliphatic rings. The number of rotatable bonds is 8. The van der Waals surface area contributed by atoms with Crippen LogP contribution < -0.4 is 10.0 Å². The minimum Gasteiger partial charge on any atom is -0.467 e. The number of carbonyl (C=O) groups excluding carboxylic acids is 2. The molecule has 4 aromatic rings. The molecule has 13 heteroatoms. The number of furan rings is 1. The van der Waals surface area contributed by atoms with E-state index >= 15 is 0 Å². The first-order valence-corrected chi connectivity index (χ1v) is 14.7. The highest BCUT2D eigenvalue weighted by atomic mass is 32.2. The van der Waals surface area contributed by atoms with Gasteiger partial charge in [-0.15, -0.1) is 11.8 Å². The molecule has 0 radical (unpaired) electrons. The Morgan fingerprint density at radius 3 is 2.37 bits per heavy atom. The predicted octanol–water partition coefficient (Wildman–Crippen LogP) is 6.13. The molecular formula is C28H22F3N3O5S2. The number of hydrogen-bond donors (Lipinski definition) is 2. The third-order valence-corrected chi connectivity index (χ3v) is 8.85. The summed E-state index contributed by atoms with van der Waals surface area (Å²) < 4.78 is 71.7. The van der Waals surface area contributed by atoms with Gasteiger partial charge in [0, 0.05) is 16.9 Å². The highest BCUT2D eigenvalue weighted by Crippen LogP contribution is 2.39. The Labute approximate surface area is 237 Å². The van der Waals surface area contributed by atoms with Crippen LogP contribution in [0.25, 0.3) is 0 Å². The number of halogens is 3. The molecule has 0 unspecified atom stereocenters. The van der Waals surface area contributed by atoms with Gasteiger partial charge in [0.25, 0.3) is 15.9 Å². The maximum Gasteiger partial charge on any atom is 0.416 e. The quantitative estimate of drug-likeness (QED) is 0.252. The molecule has 1 aromatic heterocycles. The zero-order valence-electron chi connectivity index (χ0n) is 21.1. The molecule has 1 aliphatic heterocycles. The van der Waals surface area contributed by atoms with Crippen LogP contribution in [0.4, 0.5) is 24.5 Å². The maximum absolute atomic E-state index is 12.9. The van der Waals surface area contributed by atoms with Gasteiger partial charge >= 0.3 is 6.18 Å². The summed E-state index contributed by atoms with van der Waals surface area (Å²) in [4.78, 5) is 26.7. The molecule has 0 spiro atoms. The minimum absolute atomic E-state index is 0.00583. The van der Waals surface area contributed by atoms with E-state index < -0.39 is 27.7 Å². The number of amides is 2. The summed E-state index contributed by atoms with van der Waals surface area (Å²) in [6, 6.07) is 19.5. The van der Waals surface area contributed by atoms with Gasteiger partial charge in [0.1, 0.15) is 11.1 Å². The molecule has 0 saturated carbocycles. The third kappa shape index (κ3) is 6.57. The summed E-state index contributed by atoms with van der Waals surface area (Å²) >= 11 is 1.49. The van der Waals surface area contributed by atoms with Crippen LogP contribution in [-0.2, 0) is 27.5 Å². The average Bonchev–Trinajstić information content (AvgIpc) is 3.59. The van der Waals surface area contributed by atoms with Crippen molar-refractivity contribution in [2.24, 2.45) is 0 Å². The van der Waals surface area contributed by atoms with Gasteiger partial charge in [0.05, 0.1) is 29.0 Å². The Morgan fingerprint density at radius 1 is 0.976 bits per heavy atom. The van der Waals surface area contributed by atoms with E-state index in [-0.39, 0.29) is 21.9 Å². The van der Waals surface area contributed by atoms with Gasteiger partial charge in [-0.05, 0) is 72.3 Å². The number of anilines is 2. The van der Waals surface area contributed by atoms with Crippen LogP contribution in [0.15, 0.2) is 101 Å². The van der Waals surface area contributed by atoms with E-state index in [1.54, 1.807) is 47.6 Å². The number of sulfonamides is 1. The van der Waals surface area contributed by atoms with Gasteiger partial charge < -0.3 is 14.6 Å². The van der Waals surface area contributed by atoms with Crippen LogP contribution in [0.5, 0.6) is 0 Å². The second kappa shape index (κ2) is 11.3. The van der Waals surface area contributed by atoms with Gasteiger partial charge in [-0.3, -0.25) is 14.3 Å². The summed E-state index contributed by atoms with van der Waals surface area (Å²) in [5.74, 6) is 0.576. The maximum atomic E-state index is 12.9. The van der Waals surface area contributed by atoms with E-state index in [9.17, 15) is 31.2 Å². The van der Waals surface area contributed by atoms with Crippen LogP contribution >= 0.6 is 11.8 Å². The molecule has 0 bridgehead atoms. The number of carbonyl (C=O) groups is 2. The molecule has 2 heterocycles. The van der Waals surface area contributed by atoms with Crippen molar-refractivity contribution < 1.29 is 35.6 Å². The number of nitrogens with one attached hydrogen (secondary N) is 2. The van der Waals surface area contributed by atoms with E-state index in [0.29, 0.717) is 35.4 Å². The number of alkyl halides is 3. The van der Waals surface area contributed by atoms with Crippen LogP contribution in [0.1, 0.15) is 32.6 Å². The van der Waals surface area contributed by atoms with E-state index in [0.717, 1.165) is 17.7 Å². The Hall–Kier alpha value is -4.23. The lowest BCUT2D eigenvalue weighted by molar-refractivity contribution is -0.137. The standard InChI is InChI=1S/C28H22F3N3O5S2/c29-28(30,31)20-3-1-4-22(15-20)33-41(37,38)24-12-10-21(11-13-24)32-26(36)18-6-8-19(9-7-18)27-34(25(35)17-40-27)16-23-5-2-14-39-23/h1-15,27,33H,16-17H2,(H,32,36)/t27-/m1/s1. The van der Waals surface area contributed by atoms with Crippen LogP contribution in [0.2, 0.25) is 0 Å². The molecule has 1 saturated heterocycles. The zero-order valence-corrected chi connectivity index (χ0v) is 22.7. The number of nitrogens with zero attached hydrogens (tertiary/aromatic N) is 1. The Bertz CT molecular complexity index is 1660. The monoisotopic (exact) mass is 601 g/mol. The number of hydrogen-bond acceptors (Lipinski definition) is 6. The summed E-state index contributed by atoms with van der Waals surface area (Å²) in [6.07, 6.45) is -3.06. The second-order valence-corrected chi connectivity index (χ2v) is 11.8. The highest BCUT2D eigenvalue weighted by Gasteiger charge is 2.33. The molecule has 5 rings (SSSR count). The van der Waals surface area contributed by atoms with E-state index in [4.69, 9.17) is 4.42 Å². The molecule has 2 amide bonds. The lowest BCUT2D eigenvalue weighted by atomic mass is 10.1. The second-order valence-electron chi connectivity index (χ2n) is 9.05. The zero-order chi connectivity index (χ0) is 29.2. The fourth-order valence-electron chi connectivity index (χ4n) is 4.16. The smallest absolute Gasteiger partial charge is 0.416 e. The highest BCUT2D eigenvalue weighted by molar-refractivity contribution is 8.00. The fourth-order valence-corrected chi connectivity index (χ4v) is 6.40. The molecule has 2 N–H and O–H groups in total. The first-order valence-electron chi connectivity index (χ1n) is 12.1. The fraction of sp³-hybridized carbons (Fsp3) is 0.143. The van der Waals surface area contributed by atoms with Gasteiger partial charge in [-0.1, -0.05) is 18.2 Å². The molecule has 212 valence electrons. The minimum atomic E-state index is -4.61. The predicted molar refractivity (Wildman–Crippen MR) is 148 cm³/mol. The molecule has 1 atom stereocenters. The molecule has 3 aromatic carbocycles. The number of thioether (sulfide) groups is 1. The van der Waals surface area contributed by atoms with Crippen LogP contribution in [-0.4, -0.2) is 30.9 Å². The van der Waals surface area contributed by atoms with Gasteiger partial charge in [-0.2, -0.15) is 13.2 Å². The molecule has 8 nitrogen and oxygen atoms in total. The van der Waals surface area contributed by atoms with Crippen molar-refractivity contribution in [3.05, 3.63) is 114 Å². The van der Waals surface area contributed by atoms with Crippen LogP contribution in [0.3, 0.4) is 0 Å². The Morgan fingerprint density at radius 2 is 1.71 bits per heavy atom. The van der Waals surface area contributed by atoms with Crippen molar-refractivity contribution in [1.29, 1.82) is 0 Å². The van der Waals surface area contributed by atoms with Crippen molar-refractivity contribution in [2.45, 2.75) is 23.0 Å². The largest absolute Gasteiger partial charge is 0.467 e. The van der Waals surface area contributed by atoms with Crippen molar-refractivity contribution in [1.82, 2.24) is 4.90 Å². The van der Waals surface area contributed by atoms with E-state index in [1.165, 1.54) is 42.1 Å². The summed E-state index contributed by atoms with van der Waals surface area (Å²) in [6.45, 7) is 0.340. The Kier molecular flexibility index (Phi) is 7.82. The lowest BCUT2D eigenvalue weighted by Gasteiger charge is -2.23. The summed E-state index contributed by atoms with van der Waals surface area (Å²) in [7, 11) is -4.18. The van der Waals surface area contributed by atoms with E-state index in [1.807, 2.05) is 0 Å². The SMILES string of the molecule is O=C(Nc1ccc(S(=O)(=O)Nc2cccc(C(F)(F)F)c2)cc1)c1ccc([C@H]2SCC(=O)N2Cc2ccco2)cc1. The lowest BCUT2D eigenvalue weighted by Crippen LogP contribution is -2.27. The molecular weight excluding hydrogens is 579 g/mol. The van der Waals surface area contributed by atoms with Crippen molar-refractivity contribution in [3.8, 4) is 0 Å². The van der Waals surface area contributed by atoms with E-state index in [2.05, 4.69) is 10.0 Å². The first kappa shape index (κ1) is 28.3. The Balaban J connectivity index is 1.22. The van der Waals surface area contributed by atoms with Crippen molar-refractivity contribution >= 4 is 45.0 Å². The molecule has 0 aliphatic carbocycles. The van der Waals surface area contributed by atoms with Gasteiger partial charge in [0.2, 0.25) is 5.91 Å². The summed E-state index contributed by atoms with van der Waals surface area (Å²) in [5, 5.41) is 2.47. The third-order valence-electron chi connectivity index (χ3n) is 6.20. The van der Waals surface area contributed by atoms with Gasteiger partial charge in [0.15, 0.2) is 0 Å². The molecule has 1 fully saturated rings. The topological polar surface area (TPSA) is 109 Å². The molecule has 41 heavy (non-hydrogen) atoms. The van der Waals surface area contributed by atoms with Gasteiger partial charge in [-0.25, -0.2) is 8.42 Å². The van der Waals surface area contributed by atoms with Crippen molar-refractivity contribution in [3.63, 3.8) is 0 Å². The number of benzene rings is 3. The van der Waals surface area contributed by atoms with Crippen molar-refractivity contribution in [2.75, 3.05) is 15.8 Å². The normalized spacial score (nSPS) is 15.6. The first-order chi connectivity index (χ1) is 19.5. The van der Waals surface area contributed by atoms with Crippen LogP contribution in [0, 0.1) is 0 Å².